The molecule has 0 bridgehead atoms. The Bertz CT molecular complexity index is 889. The third-order valence-electron chi connectivity index (χ3n) is 5.19. The molecule has 1 heterocycles. The summed E-state index contributed by atoms with van der Waals surface area (Å²) in [6.07, 6.45) is 1.60. The fourth-order valence-electron chi connectivity index (χ4n) is 3.73. The van der Waals surface area contributed by atoms with Crippen LogP contribution in [-0.4, -0.2) is 40.4 Å². The van der Waals surface area contributed by atoms with Crippen LogP contribution in [0.2, 0.25) is 0 Å². The predicted molar refractivity (Wildman–Crippen MR) is 123 cm³/mol. The normalized spacial score (nSPS) is 12.5. The number of ether oxygens (including phenoxy) is 1. The van der Waals surface area contributed by atoms with Gasteiger partial charge in [0.1, 0.15) is 18.5 Å². The van der Waals surface area contributed by atoms with Crippen LogP contribution in [0.5, 0.6) is 5.75 Å². The maximum atomic E-state index is 10.6. The third kappa shape index (κ3) is 6.75. The van der Waals surface area contributed by atoms with Crippen LogP contribution in [0.1, 0.15) is 30.7 Å². The number of aryl methyl sites for hydroxylation is 1. The molecule has 3 rings (SSSR count). The van der Waals surface area contributed by atoms with Crippen molar-refractivity contribution in [3.05, 3.63) is 89.7 Å². The number of aromatic nitrogens is 1. The van der Waals surface area contributed by atoms with E-state index in [1.54, 1.807) is 0 Å². The highest BCUT2D eigenvalue weighted by Crippen LogP contribution is 2.15. The van der Waals surface area contributed by atoms with E-state index in [1.165, 1.54) is 16.8 Å². The van der Waals surface area contributed by atoms with Gasteiger partial charge in [0.25, 0.3) is 0 Å². The first kappa shape index (κ1) is 22.1. The summed E-state index contributed by atoms with van der Waals surface area (Å²) in [6.45, 7) is 10.1. The molecule has 4 nitrogen and oxygen atoms in total. The zero-order valence-corrected chi connectivity index (χ0v) is 18.4. The summed E-state index contributed by atoms with van der Waals surface area (Å²) >= 11 is 0. The summed E-state index contributed by atoms with van der Waals surface area (Å²) < 4.78 is 8.05. The van der Waals surface area contributed by atoms with Crippen LogP contribution in [0.25, 0.3) is 0 Å². The van der Waals surface area contributed by atoms with Gasteiger partial charge in [-0.1, -0.05) is 56.3 Å². The average molecular weight is 407 g/mol. The molecule has 0 saturated heterocycles. The molecule has 1 N–H and O–H groups in total. The number of benzene rings is 2. The lowest BCUT2D eigenvalue weighted by Crippen LogP contribution is -2.37. The number of hydrogen-bond donors (Lipinski definition) is 1. The van der Waals surface area contributed by atoms with Gasteiger partial charge >= 0.3 is 0 Å². The number of aliphatic hydroxyl groups is 1. The summed E-state index contributed by atoms with van der Waals surface area (Å²) in [5, 5.41) is 10.6. The van der Waals surface area contributed by atoms with Crippen molar-refractivity contribution in [1.29, 1.82) is 0 Å². The van der Waals surface area contributed by atoms with E-state index in [9.17, 15) is 5.11 Å². The number of aliphatic hydroxyl groups excluding tert-OH is 1. The van der Waals surface area contributed by atoms with Crippen molar-refractivity contribution in [2.45, 2.75) is 40.0 Å². The smallest absolute Gasteiger partial charge is 0.119 e. The van der Waals surface area contributed by atoms with Crippen molar-refractivity contribution in [1.82, 2.24) is 9.47 Å². The van der Waals surface area contributed by atoms with Crippen molar-refractivity contribution in [3.8, 4) is 5.75 Å². The molecule has 160 valence electrons. The van der Waals surface area contributed by atoms with Crippen LogP contribution in [0.4, 0.5) is 0 Å². The number of para-hydroxylation sites is 1. The third-order valence-corrected chi connectivity index (χ3v) is 5.19. The Morgan fingerprint density at radius 1 is 0.933 bits per heavy atom. The first-order chi connectivity index (χ1) is 14.5. The summed E-state index contributed by atoms with van der Waals surface area (Å²) in [5.41, 5.74) is 3.90. The Morgan fingerprint density at radius 2 is 1.67 bits per heavy atom. The second kappa shape index (κ2) is 11.0. The van der Waals surface area contributed by atoms with Crippen LogP contribution in [-0.2, 0) is 13.1 Å². The minimum atomic E-state index is -0.538. The molecule has 0 aliphatic carbocycles. The quantitative estimate of drug-likeness (QED) is 0.500. The zero-order valence-electron chi connectivity index (χ0n) is 18.4. The summed E-state index contributed by atoms with van der Waals surface area (Å²) in [6, 6.07) is 22.5. The minimum absolute atomic E-state index is 0.294. The van der Waals surface area contributed by atoms with Crippen molar-refractivity contribution in [2.75, 3.05) is 19.7 Å². The Balaban J connectivity index is 1.62. The SMILES string of the molecule is Cc1ccccc1Cn1cccc1CN(CC(C)C)CC(O)COc1ccccc1. The van der Waals surface area contributed by atoms with Crippen LogP contribution in [0.3, 0.4) is 0 Å². The summed E-state index contributed by atoms with van der Waals surface area (Å²) in [4.78, 5) is 2.33. The topological polar surface area (TPSA) is 37.6 Å². The zero-order chi connectivity index (χ0) is 21.3. The van der Waals surface area contributed by atoms with E-state index >= 15 is 0 Å². The molecule has 0 radical (unpaired) electrons. The van der Waals surface area contributed by atoms with Gasteiger partial charge in [-0.15, -0.1) is 0 Å². The molecule has 1 atom stereocenters. The van der Waals surface area contributed by atoms with Gasteiger partial charge in [0, 0.05) is 38.1 Å². The van der Waals surface area contributed by atoms with Crippen molar-refractivity contribution in [3.63, 3.8) is 0 Å². The van der Waals surface area contributed by atoms with E-state index in [4.69, 9.17) is 4.74 Å². The summed E-state index contributed by atoms with van der Waals surface area (Å²) in [5.74, 6) is 1.31. The number of rotatable bonds is 11. The van der Waals surface area contributed by atoms with Gasteiger partial charge in [-0.3, -0.25) is 4.90 Å². The molecule has 1 aromatic heterocycles. The number of hydrogen-bond acceptors (Lipinski definition) is 3. The average Bonchev–Trinajstić information content (AvgIpc) is 3.15. The van der Waals surface area contributed by atoms with Gasteiger partial charge in [-0.05, 0) is 48.2 Å². The van der Waals surface area contributed by atoms with Gasteiger partial charge in [-0.2, -0.15) is 0 Å². The highest BCUT2D eigenvalue weighted by Gasteiger charge is 2.16. The molecular formula is C26H34N2O2. The van der Waals surface area contributed by atoms with E-state index in [-0.39, 0.29) is 0 Å². The first-order valence-corrected chi connectivity index (χ1v) is 10.8. The molecule has 2 aromatic carbocycles. The van der Waals surface area contributed by atoms with E-state index in [1.807, 2.05) is 30.3 Å². The molecule has 0 aliphatic heterocycles. The molecule has 3 aromatic rings. The Hall–Kier alpha value is -2.56. The van der Waals surface area contributed by atoms with E-state index in [0.29, 0.717) is 19.1 Å². The minimum Gasteiger partial charge on any atom is -0.491 e. The van der Waals surface area contributed by atoms with Gasteiger partial charge in [0.2, 0.25) is 0 Å². The molecule has 1 unspecified atom stereocenters. The van der Waals surface area contributed by atoms with Crippen LogP contribution >= 0.6 is 0 Å². The van der Waals surface area contributed by atoms with Crippen LogP contribution in [0.15, 0.2) is 72.9 Å². The Morgan fingerprint density at radius 3 is 2.40 bits per heavy atom. The van der Waals surface area contributed by atoms with E-state index in [0.717, 1.165) is 25.4 Å². The molecule has 30 heavy (non-hydrogen) atoms. The molecule has 0 aliphatic rings. The van der Waals surface area contributed by atoms with Gasteiger partial charge < -0.3 is 14.4 Å². The van der Waals surface area contributed by atoms with E-state index in [2.05, 4.69) is 72.8 Å². The van der Waals surface area contributed by atoms with Gasteiger partial charge in [0.15, 0.2) is 0 Å². The van der Waals surface area contributed by atoms with Crippen LogP contribution in [0, 0.1) is 12.8 Å². The number of nitrogens with zero attached hydrogens (tertiary/aromatic N) is 2. The fraction of sp³-hybridized carbons (Fsp3) is 0.385. The van der Waals surface area contributed by atoms with Crippen molar-refractivity contribution in [2.24, 2.45) is 5.92 Å². The standard InChI is InChI=1S/C26H34N2O2/c1-21(2)16-27(19-25(29)20-30-26-13-5-4-6-14-26)18-24-12-9-15-28(24)17-23-11-8-7-10-22(23)3/h4-15,21,25,29H,16-20H2,1-3H3. The fourth-order valence-corrected chi connectivity index (χ4v) is 3.73. The van der Waals surface area contributed by atoms with Gasteiger partial charge in [-0.25, -0.2) is 0 Å². The second-order valence-corrected chi connectivity index (χ2v) is 8.42. The maximum Gasteiger partial charge on any atom is 0.119 e. The monoisotopic (exact) mass is 406 g/mol. The highest BCUT2D eigenvalue weighted by molar-refractivity contribution is 5.26. The maximum absolute atomic E-state index is 10.6. The molecule has 0 spiro atoms. The molecule has 0 fully saturated rings. The lowest BCUT2D eigenvalue weighted by Gasteiger charge is -2.27. The van der Waals surface area contributed by atoms with Crippen molar-refractivity contribution < 1.29 is 9.84 Å². The largest absolute Gasteiger partial charge is 0.491 e. The van der Waals surface area contributed by atoms with Crippen LogP contribution < -0.4 is 4.74 Å². The van der Waals surface area contributed by atoms with Crippen molar-refractivity contribution >= 4 is 0 Å². The van der Waals surface area contributed by atoms with E-state index < -0.39 is 6.10 Å². The highest BCUT2D eigenvalue weighted by atomic mass is 16.5. The molecule has 0 amide bonds. The predicted octanol–water partition coefficient (Wildman–Crippen LogP) is 4.74. The molecule has 4 heteroatoms. The molecular weight excluding hydrogens is 372 g/mol. The lowest BCUT2D eigenvalue weighted by atomic mass is 10.1. The Labute approximate surface area is 180 Å². The lowest BCUT2D eigenvalue weighted by molar-refractivity contribution is 0.0607. The molecule has 0 saturated carbocycles. The summed E-state index contributed by atoms with van der Waals surface area (Å²) in [7, 11) is 0. The Kier molecular flexibility index (Phi) is 8.12. The van der Waals surface area contributed by atoms with Gasteiger partial charge in [0.05, 0.1) is 0 Å². The second-order valence-electron chi connectivity index (χ2n) is 8.42. The first-order valence-electron chi connectivity index (χ1n) is 10.8.